The van der Waals surface area contributed by atoms with Crippen molar-refractivity contribution in [3.05, 3.63) is 51.2 Å². The maximum atomic E-state index is 11.6. The quantitative estimate of drug-likeness (QED) is 0.830. The number of amides is 1. The molecule has 0 fully saturated rings. The number of hydrogen-bond acceptors (Lipinski definition) is 3. The van der Waals surface area contributed by atoms with Crippen molar-refractivity contribution >= 4 is 28.8 Å². The summed E-state index contributed by atoms with van der Waals surface area (Å²) in [6.45, 7) is 2.85. The predicted molar refractivity (Wildman–Crippen MR) is 82.7 cm³/mol. The molecule has 1 aromatic carbocycles. The molecule has 2 rings (SSSR count). The van der Waals surface area contributed by atoms with Crippen molar-refractivity contribution in [1.29, 1.82) is 0 Å². The average molecular weight is 310 g/mol. The molecule has 0 aliphatic carbocycles. The van der Waals surface area contributed by atoms with Crippen LogP contribution in [0.1, 0.15) is 10.4 Å². The summed E-state index contributed by atoms with van der Waals surface area (Å²) in [6, 6.07) is 9.46. The summed E-state index contributed by atoms with van der Waals surface area (Å²) in [7, 11) is 0. The average Bonchev–Trinajstić information content (AvgIpc) is 2.91. The second-order valence-electron chi connectivity index (χ2n) is 4.37. The standard InChI is InChI=1S/C15H16ClNO2S/c1-11-4-5-12(9-14(11)16)19-7-6-17-15(18)10-13-3-2-8-20-13/h2-5,8-9H,6-7,10H2,1H3,(H,17,18). The smallest absolute Gasteiger partial charge is 0.225 e. The molecule has 106 valence electrons. The van der Waals surface area contributed by atoms with Crippen molar-refractivity contribution in [2.45, 2.75) is 13.3 Å². The number of nitrogens with one attached hydrogen (secondary N) is 1. The Morgan fingerprint density at radius 2 is 2.25 bits per heavy atom. The lowest BCUT2D eigenvalue weighted by molar-refractivity contribution is -0.120. The molecule has 0 radical (unpaired) electrons. The summed E-state index contributed by atoms with van der Waals surface area (Å²) in [5, 5.41) is 5.48. The number of benzene rings is 1. The summed E-state index contributed by atoms with van der Waals surface area (Å²) >= 11 is 7.59. The Bertz CT molecular complexity index is 569. The van der Waals surface area contributed by atoms with E-state index in [1.807, 2.05) is 36.6 Å². The monoisotopic (exact) mass is 309 g/mol. The van der Waals surface area contributed by atoms with Gasteiger partial charge in [-0.15, -0.1) is 11.3 Å². The van der Waals surface area contributed by atoms with Crippen molar-refractivity contribution in [3.8, 4) is 5.75 Å². The van der Waals surface area contributed by atoms with Crippen molar-refractivity contribution in [2.24, 2.45) is 0 Å². The summed E-state index contributed by atoms with van der Waals surface area (Å²) < 4.78 is 5.53. The first kappa shape index (κ1) is 14.9. The highest BCUT2D eigenvalue weighted by Gasteiger charge is 2.04. The molecule has 1 aromatic heterocycles. The third-order valence-electron chi connectivity index (χ3n) is 2.75. The SMILES string of the molecule is Cc1ccc(OCCNC(=O)Cc2cccs2)cc1Cl. The molecule has 1 heterocycles. The van der Waals surface area contributed by atoms with Gasteiger partial charge in [-0.1, -0.05) is 23.7 Å². The molecule has 0 bridgehead atoms. The molecule has 0 atom stereocenters. The zero-order chi connectivity index (χ0) is 14.4. The maximum absolute atomic E-state index is 11.6. The molecule has 0 aliphatic heterocycles. The highest BCUT2D eigenvalue weighted by Crippen LogP contribution is 2.21. The van der Waals surface area contributed by atoms with Gasteiger partial charge < -0.3 is 10.1 Å². The first-order chi connectivity index (χ1) is 9.65. The number of hydrogen-bond donors (Lipinski definition) is 1. The van der Waals surface area contributed by atoms with Crippen molar-refractivity contribution in [3.63, 3.8) is 0 Å². The number of carbonyl (C=O) groups is 1. The molecule has 1 N–H and O–H groups in total. The zero-order valence-electron chi connectivity index (χ0n) is 11.2. The van der Waals surface area contributed by atoms with Crippen LogP contribution in [0.5, 0.6) is 5.75 Å². The number of rotatable bonds is 6. The summed E-state index contributed by atoms with van der Waals surface area (Å²) in [5.74, 6) is 0.728. The molecule has 0 saturated heterocycles. The van der Waals surface area contributed by atoms with Crippen LogP contribution in [0.25, 0.3) is 0 Å². The van der Waals surface area contributed by atoms with Gasteiger partial charge >= 0.3 is 0 Å². The van der Waals surface area contributed by atoms with Crippen LogP contribution in [0.4, 0.5) is 0 Å². The molecule has 0 unspecified atom stereocenters. The number of ether oxygens (including phenoxy) is 1. The number of thiophene rings is 1. The van der Waals surface area contributed by atoms with Crippen LogP contribution in [0.15, 0.2) is 35.7 Å². The van der Waals surface area contributed by atoms with Gasteiger partial charge in [0.25, 0.3) is 0 Å². The fourth-order valence-corrected chi connectivity index (χ4v) is 2.53. The lowest BCUT2D eigenvalue weighted by atomic mass is 10.2. The van der Waals surface area contributed by atoms with E-state index in [1.54, 1.807) is 17.4 Å². The lowest BCUT2D eigenvalue weighted by Gasteiger charge is -2.08. The molecule has 1 amide bonds. The lowest BCUT2D eigenvalue weighted by Crippen LogP contribution is -2.29. The van der Waals surface area contributed by atoms with Gasteiger partial charge in [-0.25, -0.2) is 0 Å². The van der Waals surface area contributed by atoms with Gasteiger partial charge in [-0.05, 0) is 36.1 Å². The Labute approximate surface area is 127 Å². The molecule has 2 aromatic rings. The van der Waals surface area contributed by atoms with Gasteiger partial charge in [-0.3, -0.25) is 4.79 Å². The van der Waals surface area contributed by atoms with Gasteiger partial charge in [0.1, 0.15) is 12.4 Å². The van der Waals surface area contributed by atoms with Crippen LogP contribution >= 0.6 is 22.9 Å². The Kier molecular flexibility index (Phi) is 5.44. The van der Waals surface area contributed by atoms with E-state index in [4.69, 9.17) is 16.3 Å². The highest BCUT2D eigenvalue weighted by molar-refractivity contribution is 7.10. The molecule has 5 heteroatoms. The van der Waals surface area contributed by atoms with E-state index in [-0.39, 0.29) is 5.91 Å². The van der Waals surface area contributed by atoms with Gasteiger partial charge in [0.2, 0.25) is 5.91 Å². The third-order valence-corrected chi connectivity index (χ3v) is 4.03. The molecule has 3 nitrogen and oxygen atoms in total. The minimum absolute atomic E-state index is 0.0120. The molecule has 0 spiro atoms. The van der Waals surface area contributed by atoms with Crippen LogP contribution in [-0.4, -0.2) is 19.1 Å². The van der Waals surface area contributed by atoms with Gasteiger partial charge in [0.05, 0.1) is 13.0 Å². The van der Waals surface area contributed by atoms with E-state index >= 15 is 0 Å². The fourth-order valence-electron chi connectivity index (χ4n) is 1.66. The van der Waals surface area contributed by atoms with Gasteiger partial charge in [0.15, 0.2) is 0 Å². The second kappa shape index (κ2) is 7.31. The molecular formula is C15H16ClNO2S. The molecule has 0 saturated carbocycles. The summed E-state index contributed by atoms with van der Waals surface area (Å²) in [6.07, 6.45) is 0.425. The maximum Gasteiger partial charge on any atom is 0.225 e. The van der Waals surface area contributed by atoms with Crippen LogP contribution in [-0.2, 0) is 11.2 Å². The largest absolute Gasteiger partial charge is 0.492 e. The van der Waals surface area contributed by atoms with E-state index in [0.29, 0.717) is 30.3 Å². The normalized spacial score (nSPS) is 10.3. The second-order valence-corrected chi connectivity index (χ2v) is 5.80. The van der Waals surface area contributed by atoms with Gasteiger partial charge in [-0.2, -0.15) is 0 Å². The first-order valence-corrected chi connectivity index (χ1v) is 7.59. The van der Waals surface area contributed by atoms with Crippen molar-refractivity contribution in [2.75, 3.05) is 13.2 Å². The summed E-state index contributed by atoms with van der Waals surface area (Å²) in [5.41, 5.74) is 1.02. The van der Waals surface area contributed by atoms with Crippen LogP contribution in [0, 0.1) is 6.92 Å². The minimum atomic E-state index is 0.0120. The van der Waals surface area contributed by atoms with Crippen LogP contribution in [0.2, 0.25) is 5.02 Å². The van der Waals surface area contributed by atoms with E-state index in [2.05, 4.69) is 5.32 Å². The minimum Gasteiger partial charge on any atom is -0.492 e. The first-order valence-electron chi connectivity index (χ1n) is 6.33. The summed E-state index contributed by atoms with van der Waals surface area (Å²) in [4.78, 5) is 12.7. The molecular weight excluding hydrogens is 294 g/mol. The molecule has 20 heavy (non-hydrogen) atoms. The van der Waals surface area contributed by atoms with Crippen LogP contribution < -0.4 is 10.1 Å². The van der Waals surface area contributed by atoms with E-state index < -0.39 is 0 Å². The van der Waals surface area contributed by atoms with E-state index in [1.165, 1.54) is 0 Å². The third kappa shape index (κ3) is 4.54. The number of carbonyl (C=O) groups excluding carboxylic acids is 1. The molecule has 0 aliphatic rings. The number of aryl methyl sites for hydroxylation is 1. The Hall–Kier alpha value is -1.52. The van der Waals surface area contributed by atoms with Crippen LogP contribution in [0.3, 0.4) is 0 Å². The topological polar surface area (TPSA) is 38.3 Å². The van der Waals surface area contributed by atoms with Crippen molar-refractivity contribution < 1.29 is 9.53 Å². The highest BCUT2D eigenvalue weighted by atomic mass is 35.5. The fraction of sp³-hybridized carbons (Fsp3) is 0.267. The van der Waals surface area contributed by atoms with E-state index in [0.717, 1.165) is 10.4 Å². The zero-order valence-corrected chi connectivity index (χ0v) is 12.8. The van der Waals surface area contributed by atoms with Gasteiger partial charge in [0, 0.05) is 9.90 Å². The Morgan fingerprint density at radius 3 is 2.95 bits per heavy atom. The Morgan fingerprint density at radius 1 is 1.40 bits per heavy atom. The predicted octanol–water partition coefficient (Wildman–Crippen LogP) is 3.45. The Balaban J connectivity index is 1.68. The van der Waals surface area contributed by atoms with Crippen molar-refractivity contribution in [1.82, 2.24) is 5.32 Å². The van der Waals surface area contributed by atoms with E-state index in [9.17, 15) is 4.79 Å². The number of halogens is 1.